The van der Waals surface area contributed by atoms with Crippen molar-refractivity contribution in [3.63, 3.8) is 0 Å². The maximum absolute atomic E-state index is 11.2. The molecule has 0 fully saturated rings. The molecule has 0 amide bonds. The molecule has 3 aromatic heterocycles. The van der Waals surface area contributed by atoms with Crippen LogP contribution in [0.4, 0.5) is 0 Å². The Hall–Kier alpha value is -2.27. The maximum atomic E-state index is 11.2. The number of carbonyl (C=O) groups is 1. The Morgan fingerprint density at radius 3 is 2.89 bits per heavy atom. The number of thiophene rings is 1. The van der Waals surface area contributed by atoms with Gasteiger partial charge in [0.25, 0.3) is 0 Å². The summed E-state index contributed by atoms with van der Waals surface area (Å²) >= 11 is 1.85. The predicted molar refractivity (Wildman–Crippen MR) is 114 cm³/mol. The molecular weight excluding hydrogens is 368 g/mol. The minimum Gasteiger partial charge on any atom is -0.481 e. The summed E-state index contributed by atoms with van der Waals surface area (Å²) in [6.07, 6.45) is 10.9. The van der Waals surface area contributed by atoms with Crippen LogP contribution in [-0.2, 0) is 24.1 Å². The maximum Gasteiger partial charge on any atom is 0.306 e. The van der Waals surface area contributed by atoms with Crippen LogP contribution in [0.5, 0.6) is 0 Å². The minimum absolute atomic E-state index is 0.312. The van der Waals surface area contributed by atoms with Gasteiger partial charge >= 0.3 is 5.97 Å². The molecule has 28 heavy (non-hydrogen) atoms. The fraction of sp³-hybridized carbons (Fsp3) is 0.435. The van der Waals surface area contributed by atoms with E-state index in [-0.39, 0.29) is 5.92 Å². The molecule has 0 aromatic carbocycles. The van der Waals surface area contributed by atoms with Gasteiger partial charge in [-0.05, 0) is 74.6 Å². The number of pyridine rings is 2. The molecule has 3 aromatic rings. The highest BCUT2D eigenvalue weighted by Gasteiger charge is 2.23. The Labute approximate surface area is 169 Å². The standard InChI is InChI=1S/C23H26N2O2S/c1-14(23(26)27)7-5-10-17-15(2)25-22-21(18-9-3-4-11-19(18)28-22)20(17)16-8-6-12-24-13-16/h6,8,12-14H,3-5,7,9-11H2,1-2H3,(H,26,27). The third-order valence-electron chi connectivity index (χ3n) is 5.85. The molecule has 0 radical (unpaired) electrons. The van der Waals surface area contributed by atoms with Crippen LogP contribution in [0.2, 0.25) is 0 Å². The molecule has 0 spiro atoms. The molecule has 1 aliphatic carbocycles. The van der Waals surface area contributed by atoms with Gasteiger partial charge in [0.05, 0.1) is 5.92 Å². The lowest BCUT2D eigenvalue weighted by molar-refractivity contribution is -0.141. The van der Waals surface area contributed by atoms with Crippen LogP contribution < -0.4 is 0 Å². The molecule has 1 aliphatic rings. The molecule has 3 heterocycles. The number of nitrogens with zero attached hydrogens (tertiary/aromatic N) is 2. The van der Waals surface area contributed by atoms with E-state index in [0.717, 1.165) is 41.8 Å². The van der Waals surface area contributed by atoms with E-state index < -0.39 is 5.97 Å². The Balaban J connectivity index is 1.83. The lowest BCUT2D eigenvalue weighted by Gasteiger charge is -2.17. The van der Waals surface area contributed by atoms with Crippen molar-refractivity contribution < 1.29 is 9.90 Å². The molecule has 1 unspecified atom stereocenters. The molecule has 1 atom stereocenters. The van der Waals surface area contributed by atoms with Crippen molar-refractivity contribution >= 4 is 27.5 Å². The average molecular weight is 395 g/mol. The molecular formula is C23H26N2O2S. The number of aryl methyl sites for hydroxylation is 3. The number of carboxylic acids is 1. The zero-order valence-corrected chi connectivity index (χ0v) is 17.3. The normalized spacial score (nSPS) is 14.8. The van der Waals surface area contributed by atoms with Gasteiger partial charge in [0.1, 0.15) is 4.83 Å². The Morgan fingerprint density at radius 2 is 2.14 bits per heavy atom. The Morgan fingerprint density at radius 1 is 1.32 bits per heavy atom. The van der Waals surface area contributed by atoms with Crippen LogP contribution >= 0.6 is 11.3 Å². The van der Waals surface area contributed by atoms with Gasteiger partial charge in [-0.2, -0.15) is 0 Å². The summed E-state index contributed by atoms with van der Waals surface area (Å²) in [7, 11) is 0. The fourth-order valence-corrected chi connectivity index (χ4v) is 5.60. The number of aromatic nitrogens is 2. The van der Waals surface area contributed by atoms with Crippen LogP contribution in [0.1, 0.15) is 54.3 Å². The van der Waals surface area contributed by atoms with E-state index in [1.54, 1.807) is 6.92 Å². The van der Waals surface area contributed by atoms with Gasteiger partial charge in [0.2, 0.25) is 0 Å². The predicted octanol–water partition coefficient (Wildman–Crippen LogP) is 5.59. The molecule has 0 aliphatic heterocycles. The largest absolute Gasteiger partial charge is 0.481 e. The van der Waals surface area contributed by atoms with Crippen molar-refractivity contribution in [1.82, 2.24) is 9.97 Å². The molecule has 4 nitrogen and oxygen atoms in total. The van der Waals surface area contributed by atoms with Crippen LogP contribution in [0.15, 0.2) is 24.5 Å². The van der Waals surface area contributed by atoms with Crippen molar-refractivity contribution in [2.75, 3.05) is 0 Å². The SMILES string of the molecule is Cc1nc2sc3c(c2c(-c2cccnc2)c1CCCC(C)C(=O)O)CCCC3. The van der Waals surface area contributed by atoms with Gasteiger partial charge in [-0.3, -0.25) is 9.78 Å². The van der Waals surface area contributed by atoms with Crippen LogP contribution in [-0.4, -0.2) is 21.0 Å². The third kappa shape index (κ3) is 3.55. The number of fused-ring (bicyclic) bond motifs is 3. The molecule has 0 bridgehead atoms. The molecule has 1 N–H and O–H groups in total. The monoisotopic (exact) mass is 394 g/mol. The Bertz CT molecular complexity index is 1010. The lowest BCUT2D eigenvalue weighted by atomic mass is 9.88. The zero-order chi connectivity index (χ0) is 19.7. The summed E-state index contributed by atoms with van der Waals surface area (Å²) in [4.78, 5) is 23.2. The smallest absolute Gasteiger partial charge is 0.306 e. The quantitative estimate of drug-likeness (QED) is 0.592. The second-order valence-electron chi connectivity index (χ2n) is 7.82. The zero-order valence-electron chi connectivity index (χ0n) is 16.5. The summed E-state index contributed by atoms with van der Waals surface area (Å²) in [5.74, 6) is -1.03. The lowest BCUT2D eigenvalue weighted by Crippen LogP contribution is -2.10. The van der Waals surface area contributed by atoms with E-state index in [1.807, 2.05) is 29.8 Å². The Kier molecular flexibility index (Phi) is 5.44. The van der Waals surface area contributed by atoms with Gasteiger partial charge in [-0.25, -0.2) is 4.98 Å². The number of hydrogen-bond acceptors (Lipinski definition) is 4. The number of aliphatic carboxylic acids is 1. The molecule has 146 valence electrons. The average Bonchev–Trinajstić information content (AvgIpc) is 3.06. The number of rotatable bonds is 6. The first-order chi connectivity index (χ1) is 13.6. The topological polar surface area (TPSA) is 63.1 Å². The van der Waals surface area contributed by atoms with Crippen molar-refractivity contribution in [3.8, 4) is 11.1 Å². The van der Waals surface area contributed by atoms with E-state index >= 15 is 0 Å². The van der Waals surface area contributed by atoms with Crippen LogP contribution in [0.25, 0.3) is 21.3 Å². The van der Waals surface area contributed by atoms with E-state index in [2.05, 4.69) is 18.0 Å². The first kappa shape index (κ1) is 19.1. The summed E-state index contributed by atoms with van der Waals surface area (Å²) in [6.45, 7) is 3.88. The van der Waals surface area contributed by atoms with Gasteiger partial charge in [0, 0.05) is 33.9 Å². The summed E-state index contributed by atoms with van der Waals surface area (Å²) in [5.41, 5.74) is 6.22. The van der Waals surface area contributed by atoms with Gasteiger partial charge in [-0.15, -0.1) is 11.3 Å². The first-order valence-electron chi connectivity index (χ1n) is 10.1. The number of carboxylic acid groups (broad SMARTS) is 1. The third-order valence-corrected chi connectivity index (χ3v) is 7.03. The molecule has 0 saturated carbocycles. The first-order valence-corrected chi connectivity index (χ1v) is 10.9. The van der Waals surface area contributed by atoms with E-state index in [0.29, 0.717) is 6.42 Å². The fourth-order valence-electron chi connectivity index (χ4n) is 4.28. The summed E-state index contributed by atoms with van der Waals surface area (Å²) < 4.78 is 0. The second kappa shape index (κ2) is 8.00. The van der Waals surface area contributed by atoms with E-state index in [1.165, 1.54) is 39.8 Å². The van der Waals surface area contributed by atoms with Crippen LogP contribution in [0.3, 0.4) is 0 Å². The minimum atomic E-state index is -0.718. The highest BCUT2D eigenvalue weighted by molar-refractivity contribution is 7.19. The van der Waals surface area contributed by atoms with E-state index in [9.17, 15) is 9.90 Å². The highest BCUT2D eigenvalue weighted by atomic mass is 32.1. The molecule has 5 heteroatoms. The number of hydrogen-bond donors (Lipinski definition) is 1. The molecule has 4 rings (SSSR count). The summed E-state index contributed by atoms with van der Waals surface area (Å²) in [5, 5.41) is 10.5. The van der Waals surface area contributed by atoms with Crippen LogP contribution in [0, 0.1) is 12.8 Å². The van der Waals surface area contributed by atoms with Gasteiger partial charge in [0.15, 0.2) is 0 Å². The van der Waals surface area contributed by atoms with Crippen molar-refractivity contribution in [3.05, 3.63) is 46.2 Å². The second-order valence-corrected chi connectivity index (χ2v) is 8.90. The molecule has 0 saturated heterocycles. The van der Waals surface area contributed by atoms with E-state index in [4.69, 9.17) is 4.98 Å². The van der Waals surface area contributed by atoms with Gasteiger partial charge in [-0.1, -0.05) is 13.0 Å². The van der Waals surface area contributed by atoms with Gasteiger partial charge < -0.3 is 5.11 Å². The summed E-state index contributed by atoms with van der Waals surface area (Å²) in [6, 6.07) is 4.13. The van der Waals surface area contributed by atoms with Crippen molar-refractivity contribution in [1.29, 1.82) is 0 Å². The van der Waals surface area contributed by atoms with Crippen molar-refractivity contribution in [2.45, 2.75) is 58.8 Å². The van der Waals surface area contributed by atoms with Crippen molar-refractivity contribution in [2.24, 2.45) is 5.92 Å². The highest BCUT2D eigenvalue weighted by Crippen LogP contribution is 2.43.